The first-order valence-corrected chi connectivity index (χ1v) is 11.9. The molecule has 0 saturated heterocycles. The van der Waals surface area contributed by atoms with Gasteiger partial charge in [-0.3, -0.25) is 9.59 Å². The standard InChI is InChI=1S/C22H27N5O2S/c28-19(13-30-22-26-25-20(14-9-10-14)27(22)16-11-12-16)24-18-8-4-3-7-17(18)21(29)23-15-5-1-2-6-15/h3-4,7-8,14-16H,1-2,5-6,9-13H2,(H,23,29)(H,24,28). The van der Waals surface area contributed by atoms with Gasteiger partial charge in [-0.1, -0.05) is 36.7 Å². The first-order chi connectivity index (χ1) is 14.7. The lowest BCUT2D eigenvalue weighted by molar-refractivity contribution is -0.113. The molecule has 1 aromatic heterocycles. The molecule has 0 bridgehead atoms. The number of carbonyl (C=O) groups excluding carboxylic acids is 2. The van der Waals surface area contributed by atoms with Gasteiger partial charge in [-0.15, -0.1) is 10.2 Å². The van der Waals surface area contributed by atoms with Crippen LogP contribution in [0.1, 0.15) is 79.5 Å². The van der Waals surface area contributed by atoms with E-state index in [0.717, 1.165) is 36.7 Å². The van der Waals surface area contributed by atoms with Gasteiger partial charge in [0.1, 0.15) is 5.82 Å². The Morgan fingerprint density at radius 1 is 1.03 bits per heavy atom. The number of hydrogen-bond acceptors (Lipinski definition) is 5. The number of aromatic nitrogens is 3. The molecule has 2 aromatic rings. The van der Waals surface area contributed by atoms with Crippen molar-refractivity contribution < 1.29 is 9.59 Å². The minimum atomic E-state index is -0.139. The maximum atomic E-state index is 12.7. The first-order valence-electron chi connectivity index (χ1n) is 11.0. The van der Waals surface area contributed by atoms with Crippen LogP contribution in [-0.4, -0.2) is 38.4 Å². The summed E-state index contributed by atoms with van der Waals surface area (Å²) in [6, 6.07) is 7.95. The summed E-state index contributed by atoms with van der Waals surface area (Å²) in [5.41, 5.74) is 1.07. The average Bonchev–Trinajstić information content (AvgIpc) is 3.68. The zero-order chi connectivity index (χ0) is 20.5. The van der Waals surface area contributed by atoms with Gasteiger partial charge in [-0.2, -0.15) is 0 Å². The third-order valence-electron chi connectivity index (χ3n) is 6.01. The van der Waals surface area contributed by atoms with Crippen molar-refractivity contribution >= 4 is 29.3 Å². The Kier molecular flexibility index (Phi) is 5.50. The van der Waals surface area contributed by atoms with Gasteiger partial charge in [0.2, 0.25) is 5.91 Å². The Hall–Kier alpha value is -2.35. The van der Waals surface area contributed by atoms with Crippen LogP contribution in [0.3, 0.4) is 0 Å². The second-order valence-corrected chi connectivity index (χ2v) is 9.50. The van der Waals surface area contributed by atoms with E-state index in [4.69, 9.17) is 0 Å². The predicted molar refractivity (Wildman–Crippen MR) is 116 cm³/mol. The molecule has 1 aromatic carbocycles. The molecule has 0 atom stereocenters. The highest BCUT2D eigenvalue weighted by molar-refractivity contribution is 7.99. The van der Waals surface area contributed by atoms with E-state index in [9.17, 15) is 9.59 Å². The Morgan fingerprint density at radius 2 is 1.80 bits per heavy atom. The summed E-state index contributed by atoms with van der Waals surface area (Å²) >= 11 is 1.43. The summed E-state index contributed by atoms with van der Waals surface area (Å²) in [4.78, 5) is 25.3. The van der Waals surface area contributed by atoms with Crippen molar-refractivity contribution in [3.63, 3.8) is 0 Å². The summed E-state index contributed by atoms with van der Waals surface area (Å²) in [6.07, 6.45) is 9.10. The van der Waals surface area contributed by atoms with Crippen molar-refractivity contribution in [2.24, 2.45) is 0 Å². The predicted octanol–water partition coefficient (Wildman–Crippen LogP) is 3.89. The maximum absolute atomic E-state index is 12.7. The van der Waals surface area contributed by atoms with E-state index in [2.05, 4.69) is 25.4 Å². The number of thioether (sulfide) groups is 1. The molecule has 0 unspecified atom stereocenters. The smallest absolute Gasteiger partial charge is 0.253 e. The molecule has 3 saturated carbocycles. The monoisotopic (exact) mass is 425 g/mol. The minimum Gasteiger partial charge on any atom is -0.349 e. The fraction of sp³-hybridized carbons (Fsp3) is 0.545. The Morgan fingerprint density at radius 3 is 2.53 bits per heavy atom. The summed E-state index contributed by atoms with van der Waals surface area (Å²) < 4.78 is 2.25. The molecule has 2 N–H and O–H groups in total. The second kappa shape index (κ2) is 8.41. The van der Waals surface area contributed by atoms with Gasteiger partial charge in [-0.25, -0.2) is 0 Å². The van der Waals surface area contributed by atoms with Gasteiger partial charge in [-0.05, 0) is 50.7 Å². The van der Waals surface area contributed by atoms with Crippen molar-refractivity contribution in [2.45, 2.75) is 74.5 Å². The van der Waals surface area contributed by atoms with Crippen LogP contribution in [-0.2, 0) is 4.79 Å². The fourth-order valence-corrected chi connectivity index (χ4v) is 4.94. The molecular formula is C22H27N5O2S. The molecule has 0 spiro atoms. The normalized spacial score (nSPS) is 19.1. The lowest BCUT2D eigenvalue weighted by Gasteiger charge is -2.15. The molecule has 7 nitrogen and oxygen atoms in total. The molecule has 8 heteroatoms. The molecule has 0 radical (unpaired) electrons. The Balaban J connectivity index is 1.22. The molecule has 2 amide bonds. The molecule has 30 heavy (non-hydrogen) atoms. The lowest BCUT2D eigenvalue weighted by Crippen LogP contribution is -2.33. The zero-order valence-electron chi connectivity index (χ0n) is 17.0. The summed E-state index contributed by atoms with van der Waals surface area (Å²) in [5.74, 6) is 1.63. The summed E-state index contributed by atoms with van der Waals surface area (Å²) in [6.45, 7) is 0. The highest BCUT2D eigenvalue weighted by Gasteiger charge is 2.36. The highest BCUT2D eigenvalue weighted by Crippen LogP contribution is 2.46. The number of rotatable bonds is 8. The Bertz CT molecular complexity index is 945. The van der Waals surface area contributed by atoms with Crippen LogP contribution in [0.5, 0.6) is 0 Å². The third-order valence-corrected chi connectivity index (χ3v) is 6.96. The summed E-state index contributed by atoms with van der Waals surface area (Å²) in [7, 11) is 0. The van der Waals surface area contributed by atoms with E-state index in [-0.39, 0.29) is 23.6 Å². The molecule has 5 rings (SSSR count). The largest absolute Gasteiger partial charge is 0.349 e. The van der Waals surface area contributed by atoms with Crippen molar-refractivity contribution in [1.82, 2.24) is 20.1 Å². The quantitative estimate of drug-likeness (QED) is 0.626. The molecule has 1 heterocycles. The molecule has 158 valence electrons. The summed E-state index contributed by atoms with van der Waals surface area (Å²) in [5, 5.41) is 15.6. The van der Waals surface area contributed by atoms with E-state index in [1.54, 1.807) is 12.1 Å². The van der Waals surface area contributed by atoms with Crippen molar-refractivity contribution in [1.29, 1.82) is 0 Å². The maximum Gasteiger partial charge on any atom is 0.253 e. The number of amides is 2. The first kappa shape index (κ1) is 19.6. The third kappa shape index (κ3) is 4.38. The molecule has 3 aliphatic rings. The lowest BCUT2D eigenvalue weighted by atomic mass is 10.1. The van der Waals surface area contributed by atoms with Crippen molar-refractivity contribution in [2.75, 3.05) is 11.1 Å². The van der Waals surface area contributed by atoms with Gasteiger partial charge in [0.05, 0.1) is 17.0 Å². The molecular weight excluding hydrogens is 398 g/mol. The molecule has 3 aliphatic carbocycles. The number of hydrogen-bond donors (Lipinski definition) is 2. The topological polar surface area (TPSA) is 88.9 Å². The van der Waals surface area contributed by atoms with E-state index in [1.165, 1.54) is 37.4 Å². The van der Waals surface area contributed by atoms with Gasteiger partial charge in [0.25, 0.3) is 5.91 Å². The van der Waals surface area contributed by atoms with Crippen molar-refractivity contribution in [3.05, 3.63) is 35.7 Å². The van der Waals surface area contributed by atoms with Crippen LogP contribution >= 0.6 is 11.8 Å². The van der Waals surface area contributed by atoms with Crippen LogP contribution in [0, 0.1) is 0 Å². The molecule has 0 aliphatic heterocycles. The SMILES string of the molecule is O=C(CSc1nnc(C2CC2)n1C1CC1)Nc1ccccc1C(=O)NC1CCCC1. The van der Waals surface area contributed by atoms with Gasteiger partial charge < -0.3 is 15.2 Å². The van der Waals surface area contributed by atoms with Gasteiger partial charge in [0, 0.05) is 18.0 Å². The number of carbonyl (C=O) groups is 2. The highest BCUT2D eigenvalue weighted by atomic mass is 32.2. The number of nitrogens with zero attached hydrogens (tertiary/aromatic N) is 3. The Labute approximate surface area is 180 Å². The number of anilines is 1. The van der Waals surface area contributed by atoms with Crippen LogP contribution in [0.25, 0.3) is 0 Å². The molecule has 3 fully saturated rings. The number of nitrogens with one attached hydrogen (secondary N) is 2. The van der Waals surface area contributed by atoms with Crippen LogP contribution in [0.2, 0.25) is 0 Å². The number of benzene rings is 1. The van der Waals surface area contributed by atoms with E-state index >= 15 is 0 Å². The van der Waals surface area contributed by atoms with Gasteiger partial charge >= 0.3 is 0 Å². The van der Waals surface area contributed by atoms with E-state index in [1.807, 2.05) is 12.1 Å². The van der Waals surface area contributed by atoms with E-state index in [0.29, 0.717) is 23.2 Å². The second-order valence-electron chi connectivity index (χ2n) is 8.55. The van der Waals surface area contributed by atoms with Gasteiger partial charge in [0.15, 0.2) is 5.16 Å². The number of para-hydroxylation sites is 1. The minimum absolute atomic E-state index is 0.118. The van der Waals surface area contributed by atoms with Crippen LogP contribution in [0.15, 0.2) is 29.4 Å². The van der Waals surface area contributed by atoms with E-state index < -0.39 is 0 Å². The average molecular weight is 426 g/mol. The fourth-order valence-electron chi connectivity index (χ4n) is 4.12. The van der Waals surface area contributed by atoms with Crippen LogP contribution in [0.4, 0.5) is 5.69 Å². The zero-order valence-corrected chi connectivity index (χ0v) is 17.8. The van der Waals surface area contributed by atoms with Crippen LogP contribution < -0.4 is 10.6 Å². The van der Waals surface area contributed by atoms with Crippen molar-refractivity contribution in [3.8, 4) is 0 Å².